The Morgan fingerprint density at radius 3 is 2.62 bits per heavy atom. The van der Waals surface area contributed by atoms with Gasteiger partial charge in [-0.1, -0.05) is 18.2 Å². The SMILES string of the molecule is OCc1cnn(-c2ccccc2)n1. The predicted octanol–water partition coefficient (Wildman–Crippen LogP) is 0.760. The van der Waals surface area contributed by atoms with Crippen molar-refractivity contribution in [3.8, 4) is 5.69 Å². The van der Waals surface area contributed by atoms with Gasteiger partial charge in [0.25, 0.3) is 0 Å². The smallest absolute Gasteiger partial charge is 0.109 e. The second kappa shape index (κ2) is 3.37. The molecule has 66 valence electrons. The Balaban J connectivity index is 2.36. The molecule has 0 amide bonds. The van der Waals surface area contributed by atoms with E-state index in [1.165, 1.54) is 4.80 Å². The van der Waals surface area contributed by atoms with Gasteiger partial charge in [0.15, 0.2) is 0 Å². The largest absolute Gasteiger partial charge is 0.390 e. The lowest BCUT2D eigenvalue weighted by atomic mass is 10.3. The Kier molecular flexibility index (Phi) is 2.06. The third-order valence-electron chi connectivity index (χ3n) is 1.69. The number of hydrogen-bond acceptors (Lipinski definition) is 3. The summed E-state index contributed by atoms with van der Waals surface area (Å²) in [6, 6.07) is 9.57. The van der Waals surface area contributed by atoms with Crippen molar-refractivity contribution in [2.45, 2.75) is 6.61 Å². The molecule has 0 unspecified atom stereocenters. The van der Waals surface area contributed by atoms with Crippen LogP contribution in [0.5, 0.6) is 0 Å². The summed E-state index contributed by atoms with van der Waals surface area (Å²) in [4.78, 5) is 1.49. The van der Waals surface area contributed by atoms with Gasteiger partial charge in [0.1, 0.15) is 5.69 Å². The number of aromatic nitrogens is 3. The quantitative estimate of drug-likeness (QED) is 0.733. The van der Waals surface area contributed by atoms with E-state index in [2.05, 4.69) is 10.2 Å². The number of para-hydroxylation sites is 1. The van der Waals surface area contributed by atoms with Gasteiger partial charge in [0, 0.05) is 0 Å². The molecule has 4 nitrogen and oxygen atoms in total. The summed E-state index contributed by atoms with van der Waals surface area (Å²) in [5, 5.41) is 16.8. The molecule has 2 rings (SSSR count). The molecular weight excluding hydrogens is 166 g/mol. The van der Waals surface area contributed by atoms with Gasteiger partial charge in [0.05, 0.1) is 18.5 Å². The summed E-state index contributed by atoms with van der Waals surface area (Å²) in [5.74, 6) is 0. The Morgan fingerprint density at radius 1 is 1.23 bits per heavy atom. The highest BCUT2D eigenvalue weighted by Gasteiger charge is 1.99. The molecular formula is C9H9N3O. The molecule has 1 N–H and O–H groups in total. The van der Waals surface area contributed by atoms with Crippen molar-refractivity contribution in [3.63, 3.8) is 0 Å². The van der Waals surface area contributed by atoms with E-state index in [9.17, 15) is 0 Å². The van der Waals surface area contributed by atoms with Gasteiger partial charge in [-0.3, -0.25) is 0 Å². The fourth-order valence-electron chi connectivity index (χ4n) is 1.05. The number of rotatable bonds is 2. The van der Waals surface area contributed by atoms with Gasteiger partial charge >= 0.3 is 0 Å². The zero-order valence-electron chi connectivity index (χ0n) is 6.96. The van der Waals surface area contributed by atoms with Crippen molar-refractivity contribution in [2.75, 3.05) is 0 Å². The van der Waals surface area contributed by atoms with Crippen LogP contribution in [0.4, 0.5) is 0 Å². The molecule has 0 radical (unpaired) electrons. The van der Waals surface area contributed by atoms with Crippen LogP contribution in [-0.4, -0.2) is 20.1 Å². The summed E-state index contributed by atoms with van der Waals surface area (Å²) >= 11 is 0. The molecule has 0 aliphatic rings. The number of aliphatic hydroxyl groups excluding tert-OH is 1. The third kappa shape index (κ3) is 1.57. The number of aliphatic hydroxyl groups is 1. The number of nitrogens with zero attached hydrogens (tertiary/aromatic N) is 3. The molecule has 0 fully saturated rings. The molecule has 13 heavy (non-hydrogen) atoms. The fraction of sp³-hybridized carbons (Fsp3) is 0.111. The first-order valence-corrected chi connectivity index (χ1v) is 3.97. The first kappa shape index (κ1) is 7.94. The molecule has 0 spiro atoms. The van der Waals surface area contributed by atoms with E-state index in [1.54, 1.807) is 6.20 Å². The van der Waals surface area contributed by atoms with E-state index >= 15 is 0 Å². The number of benzene rings is 1. The monoisotopic (exact) mass is 175 g/mol. The summed E-state index contributed by atoms with van der Waals surface area (Å²) in [6.45, 7) is -0.0766. The lowest BCUT2D eigenvalue weighted by Gasteiger charge is -1.96. The van der Waals surface area contributed by atoms with Crippen LogP contribution in [0.3, 0.4) is 0 Å². The highest BCUT2D eigenvalue weighted by molar-refractivity contribution is 5.28. The van der Waals surface area contributed by atoms with Crippen LogP contribution in [0.2, 0.25) is 0 Å². The second-order valence-electron chi connectivity index (χ2n) is 2.62. The Hall–Kier alpha value is -1.68. The average molecular weight is 175 g/mol. The Morgan fingerprint density at radius 2 is 2.00 bits per heavy atom. The van der Waals surface area contributed by atoms with Crippen molar-refractivity contribution in [3.05, 3.63) is 42.2 Å². The molecule has 2 aromatic rings. The van der Waals surface area contributed by atoms with Crippen LogP contribution in [0.1, 0.15) is 5.69 Å². The minimum Gasteiger partial charge on any atom is -0.390 e. The fourth-order valence-corrected chi connectivity index (χ4v) is 1.05. The molecule has 1 aromatic heterocycles. The molecule has 1 aromatic carbocycles. The summed E-state index contributed by atoms with van der Waals surface area (Å²) in [5.41, 5.74) is 1.46. The lowest BCUT2D eigenvalue weighted by molar-refractivity contribution is 0.276. The standard InChI is InChI=1S/C9H9N3O/c13-7-8-6-10-12(11-8)9-4-2-1-3-5-9/h1-6,13H,7H2. The Bertz CT molecular complexity index is 383. The average Bonchev–Trinajstić information content (AvgIpc) is 2.67. The van der Waals surface area contributed by atoms with E-state index in [1.807, 2.05) is 30.3 Å². The first-order valence-electron chi connectivity index (χ1n) is 3.97. The summed E-state index contributed by atoms with van der Waals surface area (Å²) in [6.07, 6.45) is 1.55. The zero-order valence-corrected chi connectivity index (χ0v) is 6.96. The molecule has 4 heteroatoms. The van der Waals surface area contributed by atoms with Crippen molar-refractivity contribution >= 4 is 0 Å². The van der Waals surface area contributed by atoms with Crippen LogP contribution in [0.25, 0.3) is 5.69 Å². The van der Waals surface area contributed by atoms with Gasteiger partial charge < -0.3 is 5.11 Å². The van der Waals surface area contributed by atoms with Crippen LogP contribution in [0.15, 0.2) is 36.5 Å². The van der Waals surface area contributed by atoms with Gasteiger partial charge in [-0.2, -0.15) is 15.0 Å². The summed E-state index contributed by atoms with van der Waals surface area (Å²) < 4.78 is 0. The van der Waals surface area contributed by atoms with Gasteiger partial charge in [-0.25, -0.2) is 0 Å². The van der Waals surface area contributed by atoms with Crippen molar-refractivity contribution < 1.29 is 5.11 Å². The molecule has 0 saturated heterocycles. The highest BCUT2D eigenvalue weighted by Crippen LogP contribution is 2.03. The van der Waals surface area contributed by atoms with Gasteiger partial charge in [-0.15, -0.1) is 0 Å². The Labute approximate surface area is 75.4 Å². The normalized spacial score (nSPS) is 10.2. The third-order valence-corrected chi connectivity index (χ3v) is 1.69. The van der Waals surface area contributed by atoms with E-state index in [0.29, 0.717) is 5.69 Å². The van der Waals surface area contributed by atoms with E-state index in [0.717, 1.165) is 5.69 Å². The van der Waals surface area contributed by atoms with E-state index < -0.39 is 0 Å². The molecule has 1 heterocycles. The maximum absolute atomic E-state index is 8.78. The van der Waals surface area contributed by atoms with Crippen LogP contribution < -0.4 is 0 Å². The predicted molar refractivity (Wildman–Crippen MR) is 47.3 cm³/mol. The maximum atomic E-state index is 8.78. The molecule has 0 saturated carbocycles. The molecule has 0 aliphatic heterocycles. The summed E-state index contributed by atoms with van der Waals surface area (Å²) in [7, 11) is 0. The van der Waals surface area contributed by atoms with Crippen LogP contribution in [-0.2, 0) is 6.61 Å². The molecule has 0 atom stereocenters. The molecule has 0 aliphatic carbocycles. The minimum absolute atomic E-state index is 0.0766. The van der Waals surface area contributed by atoms with Crippen molar-refractivity contribution in [2.24, 2.45) is 0 Å². The highest BCUT2D eigenvalue weighted by atomic mass is 16.3. The van der Waals surface area contributed by atoms with Gasteiger partial charge in [0.2, 0.25) is 0 Å². The first-order chi connectivity index (χ1) is 6.40. The maximum Gasteiger partial charge on any atom is 0.109 e. The van der Waals surface area contributed by atoms with Gasteiger partial charge in [-0.05, 0) is 12.1 Å². The van der Waals surface area contributed by atoms with Crippen LogP contribution in [0, 0.1) is 0 Å². The topological polar surface area (TPSA) is 50.9 Å². The van der Waals surface area contributed by atoms with Crippen LogP contribution >= 0.6 is 0 Å². The van der Waals surface area contributed by atoms with Crippen molar-refractivity contribution in [1.82, 2.24) is 15.0 Å². The van der Waals surface area contributed by atoms with E-state index in [4.69, 9.17) is 5.11 Å². The van der Waals surface area contributed by atoms with E-state index in [-0.39, 0.29) is 6.61 Å². The number of hydrogen-bond donors (Lipinski definition) is 1. The second-order valence-corrected chi connectivity index (χ2v) is 2.62. The minimum atomic E-state index is -0.0766. The lowest BCUT2D eigenvalue weighted by Crippen LogP contribution is -1.98. The zero-order chi connectivity index (χ0) is 9.10. The molecule has 0 bridgehead atoms. The van der Waals surface area contributed by atoms with Crippen molar-refractivity contribution in [1.29, 1.82) is 0 Å².